The van der Waals surface area contributed by atoms with Crippen LogP contribution in [0.4, 0.5) is 9.18 Å². The van der Waals surface area contributed by atoms with Gasteiger partial charge in [0.1, 0.15) is 18.5 Å². The number of halogens is 1. The summed E-state index contributed by atoms with van der Waals surface area (Å²) in [6.45, 7) is 1.48. The van der Waals surface area contributed by atoms with Crippen LogP contribution in [0.5, 0.6) is 0 Å². The van der Waals surface area contributed by atoms with E-state index in [1.807, 2.05) is 30.3 Å². The fraction of sp³-hybridized carbons (Fsp3) is 0.304. The van der Waals surface area contributed by atoms with Crippen molar-refractivity contribution in [2.24, 2.45) is 0 Å². The van der Waals surface area contributed by atoms with E-state index < -0.39 is 35.2 Å². The van der Waals surface area contributed by atoms with E-state index in [1.54, 1.807) is 12.3 Å². The number of amides is 1. The lowest BCUT2D eigenvalue weighted by Gasteiger charge is -2.38. The number of hydrogen-bond donors (Lipinski definition) is 1. The average Bonchev–Trinajstić information content (AvgIpc) is 3.37. The number of ether oxygens (including phenoxy) is 2. The fourth-order valence-electron chi connectivity index (χ4n) is 4.21. The summed E-state index contributed by atoms with van der Waals surface area (Å²) < 4.78 is 24.4. The molecule has 4 radical (unpaired) electrons. The Bertz CT molecular complexity index is 1140. The van der Waals surface area contributed by atoms with Gasteiger partial charge in [-0.2, -0.15) is 0 Å². The Labute approximate surface area is 187 Å². The number of aromatic nitrogens is 1. The first-order chi connectivity index (χ1) is 15.3. The zero-order valence-electron chi connectivity index (χ0n) is 17.6. The van der Waals surface area contributed by atoms with Crippen LogP contribution >= 0.6 is 0 Å². The summed E-state index contributed by atoms with van der Waals surface area (Å²) in [7, 11) is 13.2. The zero-order valence-corrected chi connectivity index (χ0v) is 17.6. The topological polar surface area (TPSA) is 71.6 Å². The Kier molecular flexibility index (Phi) is 6.00. The number of nitrogens with one attached hydrogen (secondary N) is 1. The fourth-order valence-corrected chi connectivity index (χ4v) is 4.21. The maximum absolute atomic E-state index is 13.6. The minimum Gasteiger partial charge on any atom is -0.461 e. The van der Waals surface area contributed by atoms with E-state index in [9.17, 15) is 14.0 Å². The summed E-state index contributed by atoms with van der Waals surface area (Å²) in [5, 5.41) is -0.874. The molecule has 1 amide bonds. The second-order valence-corrected chi connectivity index (χ2v) is 8.00. The van der Waals surface area contributed by atoms with E-state index in [0.717, 1.165) is 5.56 Å². The van der Waals surface area contributed by atoms with Crippen molar-refractivity contribution in [3.63, 3.8) is 0 Å². The van der Waals surface area contributed by atoms with Gasteiger partial charge in [0, 0.05) is 36.5 Å². The molecule has 0 aliphatic carbocycles. The van der Waals surface area contributed by atoms with E-state index in [1.165, 1.54) is 24.0 Å². The number of hydrogen-bond acceptors (Lipinski definition) is 4. The van der Waals surface area contributed by atoms with Gasteiger partial charge in [-0.05, 0) is 29.3 Å². The SMILES string of the molecule is [B]C([B])(c1c[nH]c2cc(F)ccc12)[C@@H]1C[C@H](OC(C)=O)CN1C(=O)OCc1ccccc1. The Hall–Kier alpha value is -3.22. The molecule has 3 aromatic rings. The number of rotatable bonds is 5. The lowest BCUT2D eigenvalue weighted by Crippen LogP contribution is -2.50. The molecule has 0 unspecified atom stereocenters. The van der Waals surface area contributed by atoms with Gasteiger partial charge in [0.25, 0.3) is 0 Å². The summed E-state index contributed by atoms with van der Waals surface area (Å²) in [5.41, 5.74) is 1.88. The molecule has 1 aromatic heterocycles. The Balaban J connectivity index is 1.61. The molecule has 0 spiro atoms. The normalized spacial score (nSPS) is 18.6. The van der Waals surface area contributed by atoms with Gasteiger partial charge < -0.3 is 19.4 Å². The number of likely N-dealkylation sites (tertiary alicyclic amines) is 1. The number of aromatic amines is 1. The zero-order chi connectivity index (χ0) is 22.9. The van der Waals surface area contributed by atoms with Crippen molar-refractivity contribution in [2.45, 2.75) is 37.3 Å². The van der Waals surface area contributed by atoms with E-state index in [0.29, 0.717) is 16.5 Å². The lowest BCUT2D eigenvalue weighted by molar-refractivity contribution is -0.145. The van der Waals surface area contributed by atoms with E-state index >= 15 is 0 Å². The highest BCUT2D eigenvalue weighted by molar-refractivity contribution is 6.41. The molecule has 1 fully saturated rings. The van der Waals surface area contributed by atoms with Gasteiger partial charge in [-0.3, -0.25) is 4.79 Å². The molecule has 2 heterocycles. The molecule has 160 valence electrons. The molecule has 0 bridgehead atoms. The summed E-state index contributed by atoms with van der Waals surface area (Å²) in [6, 6.07) is 12.8. The molecule has 9 heteroatoms. The van der Waals surface area contributed by atoms with Crippen molar-refractivity contribution in [3.8, 4) is 0 Å². The summed E-state index contributed by atoms with van der Waals surface area (Å²) in [5.74, 6) is -0.858. The van der Waals surface area contributed by atoms with Crippen LogP contribution in [0.3, 0.4) is 0 Å². The second-order valence-electron chi connectivity index (χ2n) is 8.00. The summed E-state index contributed by atoms with van der Waals surface area (Å²) in [4.78, 5) is 28.9. The Morgan fingerprint density at radius 3 is 2.69 bits per heavy atom. The van der Waals surface area contributed by atoms with Crippen LogP contribution in [0.2, 0.25) is 0 Å². The van der Waals surface area contributed by atoms with Gasteiger partial charge in [0.15, 0.2) is 0 Å². The van der Waals surface area contributed by atoms with Gasteiger partial charge in [0.05, 0.1) is 22.2 Å². The molecule has 4 rings (SSSR count). The van der Waals surface area contributed by atoms with Gasteiger partial charge in [0.2, 0.25) is 0 Å². The number of benzene rings is 2. The first-order valence-corrected chi connectivity index (χ1v) is 10.2. The molecule has 2 atom stereocenters. The monoisotopic (exact) mass is 430 g/mol. The van der Waals surface area contributed by atoms with Crippen molar-refractivity contribution < 1.29 is 23.5 Å². The van der Waals surface area contributed by atoms with Crippen molar-refractivity contribution in [1.82, 2.24) is 9.88 Å². The van der Waals surface area contributed by atoms with Gasteiger partial charge in [-0.15, -0.1) is 0 Å². The van der Waals surface area contributed by atoms with Gasteiger partial charge >= 0.3 is 12.1 Å². The highest BCUT2D eigenvalue weighted by atomic mass is 19.1. The Morgan fingerprint density at radius 2 is 1.97 bits per heavy atom. The van der Waals surface area contributed by atoms with E-state index in [2.05, 4.69) is 4.98 Å². The minimum absolute atomic E-state index is 0.0790. The average molecular weight is 430 g/mol. The molecule has 32 heavy (non-hydrogen) atoms. The molecule has 1 N–H and O–H groups in total. The second kappa shape index (κ2) is 8.73. The first-order valence-electron chi connectivity index (χ1n) is 10.2. The van der Waals surface area contributed by atoms with Crippen molar-refractivity contribution >= 4 is 38.7 Å². The molecular weight excluding hydrogens is 409 g/mol. The van der Waals surface area contributed by atoms with Crippen molar-refractivity contribution in [1.29, 1.82) is 0 Å². The van der Waals surface area contributed by atoms with Crippen LogP contribution in [0.25, 0.3) is 10.9 Å². The highest BCUT2D eigenvalue weighted by Crippen LogP contribution is 2.37. The van der Waals surface area contributed by atoms with Gasteiger partial charge in [-0.1, -0.05) is 35.5 Å². The quantitative estimate of drug-likeness (QED) is 0.499. The highest BCUT2D eigenvalue weighted by Gasteiger charge is 2.46. The largest absolute Gasteiger partial charge is 0.461 e. The van der Waals surface area contributed by atoms with Crippen LogP contribution in [0.15, 0.2) is 54.7 Å². The lowest BCUT2D eigenvalue weighted by atomic mass is 9.47. The van der Waals surface area contributed by atoms with Crippen LogP contribution in [0.1, 0.15) is 24.5 Å². The van der Waals surface area contributed by atoms with Gasteiger partial charge in [-0.25, -0.2) is 9.18 Å². The molecular formula is C23H21B2FN2O4. The molecule has 6 nitrogen and oxygen atoms in total. The molecule has 1 aliphatic heterocycles. The van der Waals surface area contributed by atoms with Crippen LogP contribution in [0, 0.1) is 5.82 Å². The third-order valence-corrected chi connectivity index (χ3v) is 5.70. The summed E-state index contributed by atoms with van der Waals surface area (Å²) >= 11 is 0. The molecule has 0 saturated carbocycles. The van der Waals surface area contributed by atoms with E-state index in [-0.39, 0.29) is 19.6 Å². The number of esters is 1. The number of fused-ring (bicyclic) bond motifs is 1. The third kappa shape index (κ3) is 4.38. The predicted octanol–water partition coefficient (Wildman–Crippen LogP) is 3.14. The number of nitrogens with zero attached hydrogens (tertiary/aromatic N) is 1. The van der Waals surface area contributed by atoms with Crippen LogP contribution < -0.4 is 0 Å². The first kappa shape index (κ1) is 22.0. The Morgan fingerprint density at radius 1 is 1.22 bits per heavy atom. The maximum atomic E-state index is 13.6. The predicted molar refractivity (Wildman–Crippen MR) is 119 cm³/mol. The number of carbonyl (C=O) groups excluding carboxylic acids is 2. The van der Waals surface area contributed by atoms with Crippen molar-refractivity contribution in [2.75, 3.05) is 6.54 Å². The van der Waals surface area contributed by atoms with Crippen LogP contribution in [-0.2, 0) is 26.1 Å². The smallest absolute Gasteiger partial charge is 0.410 e. The number of carbonyl (C=O) groups is 2. The standard InChI is InChI=1S/C23H21B2FN2O4/c1-14(29)32-17-10-21(28(12-17)22(30)31-13-15-5-3-2-4-6-15)23(24,25)19-11-27-20-9-16(26)7-8-18(19)20/h2-9,11,17,21,27H,10,12-13H2,1H3/t17-,21-/m0/s1. The van der Waals surface area contributed by atoms with Crippen LogP contribution in [-0.4, -0.2) is 56.3 Å². The maximum Gasteiger partial charge on any atom is 0.410 e. The molecule has 2 aromatic carbocycles. The third-order valence-electron chi connectivity index (χ3n) is 5.70. The molecule has 1 saturated heterocycles. The van der Waals surface area contributed by atoms with E-state index in [4.69, 9.17) is 25.2 Å². The number of H-pyrrole nitrogens is 1. The summed E-state index contributed by atoms with van der Waals surface area (Å²) in [6.07, 6.45) is 0.660. The van der Waals surface area contributed by atoms with Crippen molar-refractivity contribution in [3.05, 3.63) is 71.7 Å². The minimum atomic E-state index is -1.52. The molecule has 1 aliphatic rings.